The van der Waals surface area contributed by atoms with Crippen LogP contribution in [0.2, 0.25) is 0 Å². The normalized spacial score (nSPS) is 13.8. The van der Waals surface area contributed by atoms with E-state index >= 15 is 0 Å². The van der Waals surface area contributed by atoms with Gasteiger partial charge in [0.1, 0.15) is 28.7 Å². The summed E-state index contributed by atoms with van der Waals surface area (Å²) in [5.41, 5.74) is 2.67. The van der Waals surface area contributed by atoms with Gasteiger partial charge in [-0.05, 0) is 65.6 Å². The Hall–Kier alpha value is -3.65. The Morgan fingerprint density at radius 1 is 1.08 bits per heavy atom. The van der Waals surface area contributed by atoms with Crippen LogP contribution in [0.1, 0.15) is 65.8 Å². The number of carbonyl (C=O) groups is 1. The monoisotopic (exact) mass is 507 g/mol. The number of hydrogen-bond donors (Lipinski definition) is 1. The Kier molecular flexibility index (Phi) is 6.30. The lowest BCUT2D eigenvalue weighted by molar-refractivity contribution is 0.0956. The highest BCUT2D eigenvalue weighted by Gasteiger charge is 2.28. The quantitative estimate of drug-likeness (QED) is 0.304. The van der Waals surface area contributed by atoms with E-state index in [0.29, 0.717) is 5.92 Å². The molecule has 1 N–H and O–H groups in total. The molecule has 0 unspecified atom stereocenters. The van der Waals surface area contributed by atoms with Crippen molar-refractivity contribution in [1.82, 2.24) is 4.72 Å². The summed E-state index contributed by atoms with van der Waals surface area (Å²) in [6.45, 7) is 4.03. The highest BCUT2D eigenvalue weighted by Crippen LogP contribution is 2.42. The molecular weight excluding hydrogens is 481 g/mol. The molecule has 0 saturated heterocycles. The van der Waals surface area contributed by atoms with Gasteiger partial charge in [-0.1, -0.05) is 50.2 Å². The molecule has 36 heavy (non-hydrogen) atoms. The lowest BCUT2D eigenvalue weighted by Gasteiger charge is -2.15. The van der Waals surface area contributed by atoms with Crippen molar-refractivity contribution in [2.45, 2.75) is 50.0 Å². The van der Waals surface area contributed by atoms with Crippen LogP contribution in [0.3, 0.4) is 0 Å². The van der Waals surface area contributed by atoms with Crippen LogP contribution in [0.4, 0.5) is 4.39 Å². The first kappa shape index (κ1) is 24.1. The van der Waals surface area contributed by atoms with Crippen LogP contribution in [0.15, 0.2) is 76.0 Å². The molecule has 1 aliphatic carbocycles. The summed E-state index contributed by atoms with van der Waals surface area (Å²) in [4.78, 5) is 12.8. The lowest BCUT2D eigenvalue weighted by Crippen LogP contribution is -2.30. The van der Waals surface area contributed by atoms with E-state index in [0.717, 1.165) is 29.5 Å². The van der Waals surface area contributed by atoms with Crippen molar-refractivity contribution in [1.29, 1.82) is 0 Å². The molecule has 0 radical (unpaired) electrons. The van der Waals surface area contributed by atoms with Crippen LogP contribution < -0.4 is 9.46 Å². The molecule has 1 aliphatic rings. The van der Waals surface area contributed by atoms with Gasteiger partial charge in [-0.15, -0.1) is 0 Å². The zero-order valence-corrected chi connectivity index (χ0v) is 20.8. The predicted octanol–water partition coefficient (Wildman–Crippen LogP) is 6.27. The number of amides is 1. The average Bonchev–Trinajstić information content (AvgIpc) is 3.61. The number of furan rings is 1. The Morgan fingerprint density at radius 2 is 1.83 bits per heavy atom. The number of hydrogen-bond acceptors (Lipinski definition) is 5. The second-order valence-corrected chi connectivity index (χ2v) is 11.0. The summed E-state index contributed by atoms with van der Waals surface area (Å²) in [6.07, 6.45) is 1.97. The van der Waals surface area contributed by atoms with E-state index in [4.69, 9.17) is 9.15 Å². The van der Waals surface area contributed by atoms with Gasteiger partial charge in [-0.3, -0.25) is 4.79 Å². The zero-order valence-electron chi connectivity index (χ0n) is 20.0. The molecule has 186 valence electrons. The minimum Gasteiger partial charge on any atom is -0.487 e. The summed E-state index contributed by atoms with van der Waals surface area (Å²) >= 11 is 0. The first-order valence-corrected chi connectivity index (χ1v) is 13.3. The standard InChI is InChI=1S/C28H26FNO5S/c1-17(2)20-10-11-24(34-16-18-6-4-3-5-7-18)27(14-20)36(32,33)30-28(31)26-15-22-23(29)12-21(19-8-9-19)13-25(22)35-26/h3-7,10-15,17,19H,8-9,16H2,1-2H3,(H,30,31). The van der Waals surface area contributed by atoms with Gasteiger partial charge >= 0.3 is 5.91 Å². The van der Waals surface area contributed by atoms with Gasteiger partial charge < -0.3 is 9.15 Å². The van der Waals surface area contributed by atoms with E-state index in [1.165, 1.54) is 18.2 Å². The number of fused-ring (bicyclic) bond motifs is 1. The molecule has 1 amide bonds. The summed E-state index contributed by atoms with van der Waals surface area (Å²) < 4.78 is 54.7. The summed E-state index contributed by atoms with van der Waals surface area (Å²) in [6, 6.07) is 18.6. The van der Waals surface area contributed by atoms with E-state index in [1.807, 2.05) is 44.2 Å². The van der Waals surface area contributed by atoms with Gasteiger partial charge in [0.2, 0.25) is 0 Å². The molecule has 0 spiro atoms. The Morgan fingerprint density at radius 3 is 2.53 bits per heavy atom. The first-order valence-electron chi connectivity index (χ1n) is 11.8. The van der Waals surface area contributed by atoms with Gasteiger partial charge in [0.05, 0.1) is 5.39 Å². The minimum atomic E-state index is -4.34. The van der Waals surface area contributed by atoms with E-state index in [9.17, 15) is 17.6 Å². The number of benzene rings is 3. The molecule has 0 bridgehead atoms. The van der Waals surface area contributed by atoms with E-state index in [-0.39, 0.29) is 39.9 Å². The molecule has 4 aromatic rings. The molecule has 1 fully saturated rings. The van der Waals surface area contributed by atoms with Crippen LogP contribution in [-0.4, -0.2) is 14.3 Å². The summed E-state index contributed by atoms with van der Waals surface area (Å²) in [7, 11) is -4.34. The molecule has 8 heteroatoms. The third-order valence-corrected chi connectivity index (χ3v) is 7.62. The number of sulfonamides is 1. The molecule has 1 heterocycles. The number of rotatable bonds is 8. The molecule has 6 nitrogen and oxygen atoms in total. The molecule has 0 atom stereocenters. The third kappa shape index (κ3) is 4.99. The molecule has 1 aromatic heterocycles. The second-order valence-electron chi connectivity index (χ2n) is 9.37. The Labute approximate surface area is 209 Å². The van der Waals surface area contributed by atoms with Gasteiger partial charge in [-0.2, -0.15) is 0 Å². The molecular formula is C28H26FNO5S. The van der Waals surface area contributed by atoms with Gasteiger partial charge in [0, 0.05) is 6.07 Å². The SMILES string of the molecule is CC(C)c1ccc(OCc2ccccc2)c(S(=O)(=O)NC(=O)c2cc3c(F)cc(C4CC4)cc3o2)c1. The van der Waals surface area contributed by atoms with E-state index < -0.39 is 21.7 Å². The van der Waals surface area contributed by atoms with Crippen molar-refractivity contribution in [3.63, 3.8) is 0 Å². The number of nitrogens with one attached hydrogen (secondary N) is 1. The number of carbonyl (C=O) groups excluding carboxylic acids is 1. The van der Waals surface area contributed by atoms with Crippen LogP contribution in [0.25, 0.3) is 11.0 Å². The van der Waals surface area contributed by atoms with Crippen LogP contribution in [-0.2, 0) is 16.6 Å². The molecule has 5 rings (SSSR count). The first-order chi connectivity index (χ1) is 17.2. The third-order valence-electron chi connectivity index (χ3n) is 6.27. The molecule has 0 aliphatic heterocycles. The van der Waals surface area contributed by atoms with Gasteiger partial charge in [0.15, 0.2) is 5.76 Å². The maximum Gasteiger partial charge on any atom is 0.300 e. The van der Waals surface area contributed by atoms with Crippen molar-refractivity contribution >= 4 is 26.9 Å². The van der Waals surface area contributed by atoms with E-state index in [1.54, 1.807) is 18.2 Å². The summed E-state index contributed by atoms with van der Waals surface area (Å²) in [5, 5.41) is 0.135. The maximum absolute atomic E-state index is 14.6. The highest BCUT2D eigenvalue weighted by molar-refractivity contribution is 7.90. The average molecular weight is 508 g/mol. The lowest BCUT2D eigenvalue weighted by atomic mass is 10.0. The fraction of sp³-hybridized carbons (Fsp3) is 0.250. The minimum absolute atomic E-state index is 0.0526. The smallest absolute Gasteiger partial charge is 0.300 e. The molecule has 1 saturated carbocycles. The van der Waals surface area contributed by atoms with Crippen LogP contribution >= 0.6 is 0 Å². The number of ether oxygens (including phenoxy) is 1. The van der Waals surface area contributed by atoms with Crippen molar-refractivity contribution < 1.29 is 26.8 Å². The van der Waals surface area contributed by atoms with Crippen LogP contribution in [0.5, 0.6) is 5.75 Å². The van der Waals surface area contributed by atoms with Crippen molar-refractivity contribution in [3.05, 3.63) is 95.0 Å². The predicted molar refractivity (Wildman–Crippen MR) is 134 cm³/mol. The van der Waals surface area contributed by atoms with Crippen molar-refractivity contribution in [2.24, 2.45) is 0 Å². The van der Waals surface area contributed by atoms with Gasteiger partial charge in [0.25, 0.3) is 10.0 Å². The maximum atomic E-state index is 14.6. The summed E-state index contributed by atoms with van der Waals surface area (Å²) in [5.74, 6) is -1.30. The highest BCUT2D eigenvalue weighted by atomic mass is 32.2. The van der Waals surface area contributed by atoms with Crippen molar-refractivity contribution in [3.8, 4) is 5.75 Å². The topological polar surface area (TPSA) is 85.6 Å². The number of halogens is 1. The van der Waals surface area contributed by atoms with Gasteiger partial charge in [-0.25, -0.2) is 17.5 Å². The molecule has 3 aromatic carbocycles. The second kappa shape index (κ2) is 9.43. The van der Waals surface area contributed by atoms with Crippen molar-refractivity contribution in [2.75, 3.05) is 0 Å². The largest absolute Gasteiger partial charge is 0.487 e. The fourth-order valence-corrected chi connectivity index (χ4v) is 5.19. The fourth-order valence-electron chi connectivity index (χ4n) is 4.06. The van der Waals surface area contributed by atoms with Crippen LogP contribution in [0, 0.1) is 5.82 Å². The Balaban J connectivity index is 1.43. The Bertz CT molecular complexity index is 1540. The van der Waals surface area contributed by atoms with E-state index in [2.05, 4.69) is 4.72 Å². The zero-order chi connectivity index (χ0) is 25.4.